The van der Waals surface area contributed by atoms with E-state index in [1.165, 1.54) is 50.6 Å². The number of hydrogen-bond donors (Lipinski definition) is 0. The predicted octanol–water partition coefficient (Wildman–Crippen LogP) is 17.1. The molecular weight excluding hydrogens is 1610 g/mol. The molecule has 496 valence electrons. The van der Waals surface area contributed by atoms with Gasteiger partial charge in [0.05, 0.1) is 61.9 Å². The topological polar surface area (TPSA) is 48.5 Å². The first kappa shape index (κ1) is 94.7. The van der Waals surface area contributed by atoms with Crippen molar-refractivity contribution in [1.29, 1.82) is 5.26 Å². The van der Waals surface area contributed by atoms with Gasteiger partial charge in [-0.05, 0) is 24.4 Å². The summed E-state index contributed by atoms with van der Waals surface area (Å²) in [7, 11) is 0. The Morgan fingerprint density at radius 1 is 0.298 bits per heavy atom. The number of nitriles is 1. The maximum absolute atomic E-state index is 13.2. The Morgan fingerprint density at radius 2 is 0.440 bits per heavy atom. The summed E-state index contributed by atoms with van der Waals surface area (Å²) in [5.74, 6) is -28.0. The van der Waals surface area contributed by atoms with E-state index in [1.807, 2.05) is 0 Å². The number of halogens is 42. The van der Waals surface area contributed by atoms with Gasteiger partial charge in [0.15, 0.2) is 0 Å². The Morgan fingerprint density at radius 3 is 0.595 bits per heavy atom. The van der Waals surface area contributed by atoms with Gasteiger partial charge >= 0.3 is 123 Å². The molecule has 0 N–H and O–H groups in total. The van der Waals surface area contributed by atoms with Gasteiger partial charge in [-0.3, -0.25) is 0 Å². The Balaban J connectivity index is -0.000000238. The van der Waals surface area contributed by atoms with Gasteiger partial charge in [0.2, 0.25) is 0 Å². The standard InChI is InChI=1S/C10H8F11NS.C9H8F11I.C8H6F9NS.C7H6F9I.CHNS.K/c11-6(12,1-2-22-5-23)3-7(13,14)4-8(15,9(16,17)18)10(19,20)21;10-5(11,1-2-21)3-6(12,13)4-7(14,8(15,16)17)9(18,19)20;9-5(10,1-2-18-4-19)3-6(11,7(12,13)14)8(15,16)17;8-4(9,1-2-17)3-5(10,6(11,12)13)7(14,15)16;2-1-3;/h1-4H2;1-4H2;1-3H2;1-3H2;3H;/q;;;;;+1/p-1. The third-order valence-corrected chi connectivity index (χ3v) is 10.2. The smallest absolute Gasteiger partial charge is 0.696 e. The van der Waals surface area contributed by atoms with Gasteiger partial charge in [-0.2, -0.15) is 105 Å². The maximum Gasteiger partial charge on any atom is 1.00 e. The molecule has 0 aromatic rings. The first-order valence-corrected chi connectivity index (χ1v) is 23.9. The third kappa shape index (κ3) is 32.6. The summed E-state index contributed by atoms with van der Waals surface area (Å²) in [6.07, 6.45) is -76.4. The molecule has 0 aliphatic carbocycles. The number of thiocyanates is 1. The van der Waals surface area contributed by atoms with Crippen molar-refractivity contribution in [2.45, 2.75) is 172 Å². The number of aliphatic imine (C=N–C) groups is 2. The van der Waals surface area contributed by atoms with Crippen LogP contribution in [0.4, 0.5) is 176 Å². The van der Waals surface area contributed by atoms with Gasteiger partial charge < -0.3 is 12.6 Å². The fourth-order valence-corrected chi connectivity index (χ4v) is 6.67. The quantitative estimate of drug-likeness (QED) is 0.0158. The zero-order valence-electron chi connectivity index (χ0n) is 39.8. The molecule has 0 radical (unpaired) electrons. The fourth-order valence-electron chi connectivity index (χ4n) is 4.91. The fraction of sp³-hybridized carbons (Fsp3) is 0.914. The van der Waals surface area contributed by atoms with Gasteiger partial charge in [-0.15, -0.1) is 0 Å². The van der Waals surface area contributed by atoms with Crippen molar-refractivity contribution in [1.82, 2.24) is 0 Å². The summed E-state index contributed by atoms with van der Waals surface area (Å²) in [5, 5.41) is 11.7. The number of isothiocyanates is 2. The Kier molecular flexibility index (Phi) is 38.7. The van der Waals surface area contributed by atoms with E-state index in [9.17, 15) is 176 Å². The van der Waals surface area contributed by atoms with E-state index in [4.69, 9.17) is 5.26 Å². The Bertz CT molecular complexity index is 2000. The first-order valence-electron chi connectivity index (χ1n) is 19.7. The molecule has 0 atom stereocenters. The van der Waals surface area contributed by atoms with Crippen LogP contribution >= 0.6 is 69.6 Å². The second-order valence-corrected chi connectivity index (χ2v) is 18.5. The summed E-state index contributed by atoms with van der Waals surface area (Å²) in [6, 6.07) is 0. The molecule has 0 aromatic carbocycles. The minimum absolute atomic E-state index is 0. The molecule has 0 saturated heterocycles. The summed E-state index contributed by atoms with van der Waals surface area (Å²) in [6.45, 7) is -1.69. The monoisotopic (exact) mass is 1640 g/mol. The van der Waals surface area contributed by atoms with Crippen LogP contribution in [0, 0.1) is 10.7 Å². The SMILES string of the molecule is FC(F)(CCI)CC(F)(C(F)(F)F)C(F)(F)F.FC(F)(CCI)CC(F)(F)CC(F)(C(F)(F)F)C(F)(F)F.FC(F)(CCN=C=S)CC(F)(C(F)(F)F)C(F)(F)F.FC(F)(CCN=C=S)CC(F)(F)CC(F)(C(F)(F)F)C(F)(F)F.N#C[S-].[K+]. The number of hydrogen-bond acceptors (Lipinski definition) is 6. The molecule has 3 nitrogen and oxygen atoms in total. The van der Waals surface area contributed by atoms with Crippen molar-refractivity contribution >= 4 is 92.6 Å². The molecule has 0 aromatic heterocycles. The van der Waals surface area contributed by atoms with Crippen molar-refractivity contribution in [2.24, 2.45) is 9.98 Å². The van der Waals surface area contributed by atoms with E-state index in [-0.39, 0.29) is 55.8 Å². The minimum atomic E-state index is -6.74. The normalized spacial score (nSPS) is 14.2. The van der Waals surface area contributed by atoms with E-state index in [0.29, 0.717) is 0 Å². The van der Waals surface area contributed by atoms with Crippen LogP contribution in [0.3, 0.4) is 0 Å². The van der Waals surface area contributed by atoms with E-state index in [2.05, 4.69) is 47.0 Å². The first-order chi connectivity index (χ1) is 35.9. The zero-order chi connectivity index (χ0) is 68.4. The molecule has 0 aliphatic heterocycles. The van der Waals surface area contributed by atoms with Gasteiger partial charge in [0.1, 0.15) is 0 Å². The third-order valence-electron chi connectivity index (χ3n) is 8.87. The van der Waals surface area contributed by atoms with Crippen LogP contribution in [-0.4, -0.2) is 140 Å². The van der Waals surface area contributed by atoms with Crippen LogP contribution in [0.15, 0.2) is 9.98 Å². The van der Waals surface area contributed by atoms with Crippen LogP contribution < -0.4 is 51.4 Å². The van der Waals surface area contributed by atoms with Crippen LogP contribution in [0.2, 0.25) is 0 Å². The van der Waals surface area contributed by atoms with Crippen molar-refractivity contribution in [3.05, 3.63) is 0 Å². The van der Waals surface area contributed by atoms with Crippen LogP contribution in [-0.2, 0) is 12.6 Å². The molecule has 0 spiro atoms. The van der Waals surface area contributed by atoms with Crippen molar-refractivity contribution < 1.29 is 227 Å². The minimum Gasteiger partial charge on any atom is -0.696 e. The van der Waals surface area contributed by atoms with Crippen LogP contribution in [0.25, 0.3) is 0 Å². The van der Waals surface area contributed by atoms with Crippen molar-refractivity contribution in [3.8, 4) is 5.40 Å². The van der Waals surface area contributed by atoms with E-state index in [1.54, 1.807) is 10.3 Å². The Hall–Kier alpha value is -0.394. The number of rotatable bonds is 22. The van der Waals surface area contributed by atoms with Gasteiger partial charge in [0, 0.05) is 34.5 Å². The second-order valence-electron chi connectivity index (χ2n) is 15.8. The average molecular weight is 1640 g/mol. The number of thiocarbonyl (C=S) groups is 2. The summed E-state index contributed by atoms with van der Waals surface area (Å²) in [4.78, 5) is 5.86. The summed E-state index contributed by atoms with van der Waals surface area (Å²) in [5.41, 5.74) is -24.4. The summed E-state index contributed by atoms with van der Waals surface area (Å²) < 4.78 is 497. The van der Waals surface area contributed by atoms with Gasteiger partial charge in [-0.1, -0.05) is 50.6 Å². The van der Waals surface area contributed by atoms with E-state index in [0.717, 1.165) is 0 Å². The zero-order valence-corrected chi connectivity index (χ0v) is 49.7. The molecule has 0 fully saturated rings. The molecule has 0 bridgehead atoms. The predicted molar refractivity (Wildman–Crippen MR) is 230 cm³/mol. The molecule has 0 aliphatic rings. The largest absolute Gasteiger partial charge is 1.00 e. The molecule has 49 heteroatoms. The molecule has 0 heterocycles. The molecule has 0 amide bonds. The molecule has 0 rings (SSSR count). The van der Waals surface area contributed by atoms with Crippen molar-refractivity contribution in [3.63, 3.8) is 0 Å². The maximum atomic E-state index is 13.2. The Labute approximate surface area is 529 Å². The molecule has 84 heavy (non-hydrogen) atoms. The molecule has 0 unspecified atom stereocenters. The summed E-state index contributed by atoms with van der Waals surface area (Å²) >= 11 is 14.4. The van der Waals surface area contributed by atoms with Gasteiger partial charge in [-0.25, -0.2) is 85.5 Å². The molecular formula is C35H28F40I2KN3S3. The number of nitrogens with zero attached hydrogens (tertiary/aromatic N) is 3. The van der Waals surface area contributed by atoms with Crippen LogP contribution in [0.5, 0.6) is 0 Å². The second kappa shape index (κ2) is 34.3. The van der Waals surface area contributed by atoms with E-state index < -0.39 is 189 Å². The number of alkyl halides is 42. The van der Waals surface area contributed by atoms with Crippen LogP contribution in [0.1, 0.15) is 64.2 Å². The van der Waals surface area contributed by atoms with Gasteiger partial charge in [0.25, 0.3) is 35.5 Å². The van der Waals surface area contributed by atoms with E-state index >= 15 is 0 Å². The average Bonchev–Trinajstić information content (AvgIpc) is 3.17. The van der Waals surface area contributed by atoms with Crippen molar-refractivity contribution in [2.75, 3.05) is 21.9 Å². The molecule has 0 saturated carbocycles.